The third kappa shape index (κ3) is 4.08. The summed E-state index contributed by atoms with van der Waals surface area (Å²) < 4.78 is 23.3. The van der Waals surface area contributed by atoms with E-state index in [2.05, 4.69) is 23.0 Å². The zero-order chi connectivity index (χ0) is 14.4. The van der Waals surface area contributed by atoms with Crippen molar-refractivity contribution >= 4 is 15.5 Å². The number of hydrazine groups is 1. The molecule has 0 aromatic heterocycles. The highest BCUT2D eigenvalue weighted by Crippen LogP contribution is 2.19. The smallest absolute Gasteiger partial charge is 0.177 e. The van der Waals surface area contributed by atoms with Crippen molar-refractivity contribution in [3.05, 3.63) is 60.2 Å². The summed E-state index contributed by atoms with van der Waals surface area (Å²) >= 11 is 0. The molecular weight excluding hydrogens is 272 g/mol. The third-order valence-electron chi connectivity index (χ3n) is 2.89. The second kappa shape index (κ2) is 6.54. The van der Waals surface area contributed by atoms with E-state index in [1.807, 2.05) is 18.2 Å². The Labute approximate surface area is 119 Å². The second-order valence-corrected chi connectivity index (χ2v) is 6.54. The second-order valence-electron chi connectivity index (χ2n) is 4.56. The van der Waals surface area contributed by atoms with Gasteiger partial charge < -0.3 is 5.43 Å². The molecule has 5 heteroatoms. The fourth-order valence-electron chi connectivity index (χ4n) is 1.90. The summed E-state index contributed by atoms with van der Waals surface area (Å²) in [6, 6.07) is 17.0. The molecular formula is C15H18N2O2S. The molecule has 2 N–H and O–H groups in total. The van der Waals surface area contributed by atoms with Crippen molar-refractivity contribution < 1.29 is 8.42 Å². The molecule has 2 aromatic rings. The molecule has 0 spiro atoms. The Morgan fingerprint density at radius 1 is 0.950 bits per heavy atom. The number of nitrogens with one attached hydrogen (secondary N) is 2. The van der Waals surface area contributed by atoms with Crippen molar-refractivity contribution in [1.29, 1.82) is 0 Å². The van der Waals surface area contributed by atoms with Gasteiger partial charge in [0, 0.05) is 12.8 Å². The first-order valence-corrected chi connectivity index (χ1v) is 8.28. The molecule has 2 rings (SSSR count). The van der Waals surface area contributed by atoms with Crippen molar-refractivity contribution in [2.75, 3.05) is 18.2 Å². The van der Waals surface area contributed by atoms with Crippen LogP contribution in [0.1, 0.15) is 5.56 Å². The van der Waals surface area contributed by atoms with Crippen LogP contribution in [-0.2, 0) is 16.3 Å². The lowest BCUT2D eigenvalue weighted by atomic mass is 10.2. The summed E-state index contributed by atoms with van der Waals surface area (Å²) in [4.78, 5) is 0.298. The van der Waals surface area contributed by atoms with E-state index in [1.165, 1.54) is 11.8 Å². The summed E-state index contributed by atoms with van der Waals surface area (Å²) in [5, 5.41) is 0. The maximum atomic E-state index is 11.6. The number of hydrogen-bond acceptors (Lipinski definition) is 4. The summed E-state index contributed by atoms with van der Waals surface area (Å²) in [5.74, 6) is 0. The largest absolute Gasteiger partial charge is 0.320 e. The number of benzene rings is 2. The molecule has 0 atom stereocenters. The van der Waals surface area contributed by atoms with Crippen LogP contribution in [-0.4, -0.2) is 21.2 Å². The zero-order valence-electron chi connectivity index (χ0n) is 11.3. The molecule has 0 aliphatic rings. The van der Waals surface area contributed by atoms with Gasteiger partial charge in [-0.05, 0) is 24.1 Å². The highest BCUT2D eigenvalue weighted by atomic mass is 32.2. The Morgan fingerprint density at radius 3 is 2.30 bits per heavy atom. The van der Waals surface area contributed by atoms with E-state index < -0.39 is 9.84 Å². The molecule has 2 aromatic carbocycles. The Kier molecular flexibility index (Phi) is 4.76. The minimum absolute atomic E-state index is 0.298. The van der Waals surface area contributed by atoms with Gasteiger partial charge >= 0.3 is 0 Å². The Bertz CT molecular complexity index is 655. The molecule has 0 aliphatic carbocycles. The van der Waals surface area contributed by atoms with E-state index in [4.69, 9.17) is 0 Å². The average molecular weight is 290 g/mol. The first-order chi connectivity index (χ1) is 9.57. The molecule has 0 bridgehead atoms. The summed E-state index contributed by atoms with van der Waals surface area (Å²) in [5.41, 5.74) is 7.82. The van der Waals surface area contributed by atoms with Crippen molar-refractivity contribution in [3.8, 4) is 0 Å². The maximum absolute atomic E-state index is 11.6. The van der Waals surface area contributed by atoms with E-state index in [0.717, 1.165) is 6.42 Å². The van der Waals surface area contributed by atoms with Crippen LogP contribution in [0.15, 0.2) is 59.5 Å². The number of rotatable bonds is 6. The summed E-state index contributed by atoms with van der Waals surface area (Å²) in [6.07, 6.45) is 2.08. The highest BCUT2D eigenvalue weighted by molar-refractivity contribution is 7.90. The molecule has 0 unspecified atom stereocenters. The lowest BCUT2D eigenvalue weighted by molar-refractivity contribution is 0.602. The van der Waals surface area contributed by atoms with E-state index >= 15 is 0 Å². The lowest BCUT2D eigenvalue weighted by Gasteiger charge is -2.11. The predicted molar refractivity (Wildman–Crippen MR) is 81.3 cm³/mol. The van der Waals surface area contributed by atoms with Gasteiger partial charge in [0.15, 0.2) is 9.84 Å². The van der Waals surface area contributed by atoms with Crippen molar-refractivity contribution in [1.82, 2.24) is 5.43 Å². The Hall–Kier alpha value is -1.85. The summed E-state index contributed by atoms with van der Waals surface area (Å²) in [7, 11) is -3.23. The van der Waals surface area contributed by atoms with Crippen molar-refractivity contribution in [3.63, 3.8) is 0 Å². The predicted octanol–water partition coefficient (Wildman–Crippen LogP) is 2.25. The van der Waals surface area contributed by atoms with Crippen LogP contribution in [0.2, 0.25) is 0 Å². The monoisotopic (exact) mass is 290 g/mol. The minimum Gasteiger partial charge on any atom is -0.320 e. The van der Waals surface area contributed by atoms with Crippen LogP contribution in [0.3, 0.4) is 0 Å². The fraction of sp³-hybridized carbons (Fsp3) is 0.200. The van der Waals surface area contributed by atoms with Crippen molar-refractivity contribution in [2.24, 2.45) is 0 Å². The molecule has 0 saturated heterocycles. The lowest BCUT2D eigenvalue weighted by Crippen LogP contribution is -2.25. The number of para-hydroxylation sites is 1. The normalized spacial score (nSPS) is 11.2. The summed E-state index contributed by atoms with van der Waals surface area (Å²) in [6.45, 7) is 0.710. The number of anilines is 1. The SMILES string of the molecule is CS(=O)(=O)c1ccccc1NNCCc1ccccc1. The molecule has 0 aliphatic heterocycles. The molecule has 0 heterocycles. The van der Waals surface area contributed by atoms with Crippen LogP contribution < -0.4 is 10.9 Å². The molecule has 0 amide bonds. The molecule has 106 valence electrons. The topological polar surface area (TPSA) is 58.2 Å². The van der Waals surface area contributed by atoms with Gasteiger partial charge in [0.1, 0.15) is 0 Å². The molecule has 0 radical (unpaired) electrons. The van der Waals surface area contributed by atoms with Crippen LogP contribution >= 0.6 is 0 Å². The molecule has 4 nitrogen and oxygen atoms in total. The third-order valence-corrected chi connectivity index (χ3v) is 4.05. The highest BCUT2D eigenvalue weighted by Gasteiger charge is 2.11. The van der Waals surface area contributed by atoms with Gasteiger partial charge in [-0.2, -0.15) is 0 Å². The molecule has 0 saturated carbocycles. The standard InChI is InChI=1S/C15H18N2O2S/c1-20(18,19)15-10-6-5-9-14(15)17-16-12-11-13-7-3-2-4-8-13/h2-10,16-17H,11-12H2,1H3. The van der Waals surface area contributed by atoms with Gasteiger partial charge in [-0.3, -0.25) is 0 Å². The first kappa shape index (κ1) is 14.6. The van der Waals surface area contributed by atoms with Gasteiger partial charge in [-0.25, -0.2) is 13.8 Å². The van der Waals surface area contributed by atoms with E-state index in [9.17, 15) is 8.42 Å². The van der Waals surface area contributed by atoms with Crippen molar-refractivity contribution in [2.45, 2.75) is 11.3 Å². The fourth-order valence-corrected chi connectivity index (χ4v) is 2.75. The van der Waals surface area contributed by atoms with Crippen LogP contribution in [0, 0.1) is 0 Å². The van der Waals surface area contributed by atoms with Gasteiger partial charge in [0.05, 0.1) is 10.6 Å². The van der Waals surface area contributed by atoms with Gasteiger partial charge in [-0.1, -0.05) is 42.5 Å². The zero-order valence-corrected chi connectivity index (χ0v) is 12.2. The van der Waals surface area contributed by atoms with Crippen LogP contribution in [0.5, 0.6) is 0 Å². The quantitative estimate of drug-likeness (QED) is 0.633. The molecule has 20 heavy (non-hydrogen) atoms. The van der Waals surface area contributed by atoms with E-state index in [-0.39, 0.29) is 0 Å². The molecule has 0 fully saturated rings. The Balaban J connectivity index is 1.92. The van der Waals surface area contributed by atoms with Crippen LogP contribution in [0.25, 0.3) is 0 Å². The van der Waals surface area contributed by atoms with Crippen LogP contribution in [0.4, 0.5) is 5.69 Å². The average Bonchev–Trinajstić information content (AvgIpc) is 2.44. The van der Waals surface area contributed by atoms with E-state index in [0.29, 0.717) is 17.1 Å². The maximum Gasteiger partial charge on any atom is 0.177 e. The van der Waals surface area contributed by atoms with Gasteiger partial charge in [0.2, 0.25) is 0 Å². The van der Waals surface area contributed by atoms with Gasteiger partial charge in [0.25, 0.3) is 0 Å². The minimum atomic E-state index is -3.23. The number of hydrogen-bond donors (Lipinski definition) is 2. The Morgan fingerprint density at radius 2 is 1.60 bits per heavy atom. The first-order valence-electron chi connectivity index (χ1n) is 6.39. The van der Waals surface area contributed by atoms with E-state index in [1.54, 1.807) is 24.3 Å². The number of sulfone groups is 1. The van der Waals surface area contributed by atoms with Gasteiger partial charge in [-0.15, -0.1) is 0 Å².